The fourth-order valence-electron chi connectivity index (χ4n) is 3.93. The molecule has 0 aliphatic carbocycles. The van der Waals surface area contributed by atoms with Crippen LogP contribution < -0.4 is 9.64 Å². The summed E-state index contributed by atoms with van der Waals surface area (Å²) in [5.41, 5.74) is 3.52. The summed E-state index contributed by atoms with van der Waals surface area (Å²) in [6.07, 6.45) is 1.76. The Labute approximate surface area is 175 Å². The Morgan fingerprint density at radius 3 is 2.50 bits per heavy atom. The smallest absolute Gasteiger partial charge is 0.254 e. The monoisotopic (exact) mass is 409 g/mol. The van der Waals surface area contributed by atoms with Gasteiger partial charge in [-0.1, -0.05) is 0 Å². The number of piperazine rings is 1. The number of benzene rings is 2. The molecule has 1 fully saturated rings. The molecular formula is C23H26FN4O2+. The van der Waals surface area contributed by atoms with Gasteiger partial charge in [0.05, 0.1) is 44.5 Å². The van der Waals surface area contributed by atoms with E-state index >= 15 is 0 Å². The number of halogens is 1. The summed E-state index contributed by atoms with van der Waals surface area (Å²) in [6.45, 7) is 5.65. The maximum atomic E-state index is 13.6. The van der Waals surface area contributed by atoms with Crippen molar-refractivity contribution < 1.29 is 18.8 Å². The molecule has 1 saturated heterocycles. The average Bonchev–Trinajstić information content (AvgIpc) is 3.20. The minimum atomic E-state index is -0.257. The van der Waals surface area contributed by atoms with Gasteiger partial charge in [-0.15, -0.1) is 0 Å². The van der Waals surface area contributed by atoms with Crippen molar-refractivity contribution in [3.63, 3.8) is 0 Å². The lowest BCUT2D eigenvalue weighted by molar-refractivity contribution is -0.917. The first kappa shape index (κ1) is 20.1. The summed E-state index contributed by atoms with van der Waals surface area (Å²) >= 11 is 0. The third-order valence-corrected chi connectivity index (χ3v) is 5.63. The molecule has 1 aliphatic rings. The van der Waals surface area contributed by atoms with Gasteiger partial charge in [-0.05, 0) is 55.5 Å². The second kappa shape index (κ2) is 8.67. The highest BCUT2D eigenvalue weighted by Gasteiger charge is 2.25. The number of ether oxygens (including phenoxy) is 1. The van der Waals surface area contributed by atoms with E-state index in [1.807, 2.05) is 46.8 Å². The van der Waals surface area contributed by atoms with Crippen molar-refractivity contribution in [2.45, 2.75) is 13.5 Å². The number of nitrogens with one attached hydrogen (secondary N) is 1. The lowest BCUT2D eigenvalue weighted by Gasteiger charge is -2.32. The van der Waals surface area contributed by atoms with E-state index in [1.54, 1.807) is 19.4 Å². The predicted molar refractivity (Wildman–Crippen MR) is 112 cm³/mol. The second-order valence-corrected chi connectivity index (χ2v) is 7.61. The normalized spacial score (nSPS) is 14.7. The maximum Gasteiger partial charge on any atom is 0.254 e. The van der Waals surface area contributed by atoms with Crippen LogP contribution in [-0.4, -0.2) is 53.9 Å². The first-order valence-corrected chi connectivity index (χ1v) is 10.1. The summed E-state index contributed by atoms with van der Waals surface area (Å²) < 4.78 is 20.8. The largest absolute Gasteiger partial charge is 0.496 e. The molecule has 156 valence electrons. The van der Waals surface area contributed by atoms with Gasteiger partial charge in [0.15, 0.2) is 0 Å². The van der Waals surface area contributed by atoms with E-state index in [1.165, 1.54) is 17.0 Å². The van der Waals surface area contributed by atoms with Crippen LogP contribution in [0.3, 0.4) is 0 Å². The average molecular weight is 409 g/mol. The highest BCUT2D eigenvalue weighted by Crippen LogP contribution is 2.18. The van der Waals surface area contributed by atoms with E-state index in [2.05, 4.69) is 5.10 Å². The van der Waals surface area contributed by atoms with Gasteiger partial charge in [0.2, 0.25) is 0 Å². The number of aromatic nitrogens is 2. The minimum absolute atomic E-state index is 0.0427. The van der Waals surface area contributed by atoms with Crippen LogP contribution in [0.2, 0.25) is 0 Å². The minimum Gasteiger partial charge on any atom is -0.496 e. The van der Waals surface area contributed by atoms with Crippen molar-refractivity contribution in [3.05, 3.63) is 77.4 Å². The first-order chi connectivity index (χ1) is 14.5. The van der Waals surface area contributed by atoms with Gasteiger partial charge in [0.1, 0.15) is 18.1 Å². The van der Waals surface area contributed by atoms with Crippen LogP contribution in [0, 0.1) is 12.7 Å². The van der Waals surface area contributed by atoms with Crippen LogP contribution in [0.15, 0.2) is 54.7 Å². The number of quaternary nitrogens is 1. The first-order valence-electron chi connectivity index (χ1n) is 10.1. The Morgan fingerprint density at radius 2 is 1.87 bits per heavy atom. The number of amides is 1. The van der Waals surface area contributed by atoms with Gasteiger partial charge in [-0.3, -0.25) is 4.79 Å². The molecule has 4 rings (SSSR count). The Morgan fingerprint density at radius 1 is 1.13 bits per heavy atom. The lowest BCUT2D eigenvalue weighted by atomic mass is 10.1. The number of aryl methyl sites for hydroxylation is 1. The zero-order chi connectivity index (χ0) is 21.1. The van der Waals surface area contributed by atoms with Crippen LogP contribution >= 0.6 is 0 Å². The van der Waals surface area contributed by atoms with E-state index in [0.717, 1.165) is 30.0 Å². The predicted octanol–water partition coefficient (Wildman–Crippen LogP) is 1.87. The fraction of sp³-hybridized carbons (Fsp3) is 0.304. The summed E-state index contributed by atoms with van der Waals surface area (Å²) in [5, 5.41) is 4.30. The number of rotatable bonds is 5. The molecule has 1 aromatic heterocycles. The Hall–Kier alpha value is -3.19. The van der Waals surface area contributed by atoms with Crippen LogP contribution in [0.1, 0.15) is 21.6 Å². The van der Waals surface area contributed by atoms with Gasteiger partial charge in [0.25, 0.3) is 5.91 Å². The quantitative estimate of drug-likeness (QED) is 0.700. The maximum absolute atomic E-state index is 13.6. The molecule has 0 bridgehead atoms. The molecule has 0 saturated carbocycles. The molecule has 0 spiro atoms. The number of hydrogen-bond donors (Lipinski definition) is 1. The molecule has 30 heavy (non-hydrogen) atoms. The molecule has 3 aromatic rings. The van der Waals surface area contributed by atoms with E-state index < -0.39 is 0 Å². The number of carbonyl (C=O) groups is 1. The Balaban J connectivity index is 1.36. The third kappa shape index (κ3) is 4.21. The van der Waals surface area contributed by atoms with Crippen molar-refractivity contribution in [2.75, 3.05) is 33.3 Å². The second-order valence-electron chi connectivity index (χ2n) is 7.61. The van der Waals surface area contributed by atoms with Gasteiger partial charge in [0, 0.05) is 17.5 Å². The highest BCUT2D eigenvalue weighted by molar-refractivity contribution is 5.94. The zero-order valence-corrected chi connectivity index (χ0v) is 17.3. The zero-order valence-electron chi connectivity index (χ0n) is 17.3. The van der Waals surface area contributed by atoms with Crippen molar-refractivity contribution >= 4 is 5.91 Å². The number of carbonyl (C=O) groups excluding carboxylic acids is 1. The Kier molecular flexibility index (Phi) is 5.81. The molecule has 1 N–H and O–H groups in total. The van der Waals surface area contributed by atoms with Gasteiger partial charge in [-0.2, -0.15) is 5.10 Å². The molecule has 0 radical (unpaired) electrons. The number of nitrogens with zero attached hydrogens (tertiary/aromatic N) is 3. The number of methoxy groups -OCH3 is 1. The topological polar surface area (TPSA) is 51.8 Å². The Bertz CT molecular complexity index is 1020. The van der Waals surface area contributed by atoms with E-state index in [4.69, 9.17) is 4.74 Å². The standard InChI is InChI=1S/C23H25FN4O2/c1-17-9-10-25-28(17)21-6-3-18(4-7-21)23(29)27-13-11-26(12-14-27)16-19-15-20(24)5-8-22(19)30-2/h3-10,15H,11-14,16H2,1-2H3/p+1. The van der Waals surface area contributed by atoms with Crippen LogP contribution in [0.25, 0.3) is 5.69 Å². The SMILES string of the molecule is COc1ccc(F)cc1C[NH+]1CCN(C(=O)c2ccc(-n3nccc3C)cc2)CC1. The molecule has 0 atom stereocenters. The summed E-state index contributed by atoms with van der Waals surface area (Å²) in [7, 11) is 1.60. The summed E-state index contributed by atoms with van der Waals surface area (Å²) in [5.74, 6) is 0.490. The third-order valence-electron chi connectivity index (χ3n) is 5.63. The summed E-state index contributed by atoms with van der Waals surface area (Å²) in [4.78, 5) is 16.1. The van der Waals surface area contributed by atoms with Crippen molar-refractivity contribution in [1.82, 2.24) is 14.7 Å². The van der Waals surface area contributed by atoms with E-state index in [9.17, 15) is 9.18 Å². The molecular weight excluding hydrogens is 383 g/mol. The molecule has 7 heteroatoms. The molecule has 6 nitrogen and oxygen atoms in total. The van der Waals surface area contributed by atoms with Crippen molar-refractivity contribution in [2.24, 2.45) is 0 Å². The van der Waals surface area contributed by atoms with E-state index in [0.29, 0.717) is 30.9 Å². The molecule has 1 aliphatic heterocycles. The molecule has 0 unspecified atom stereocenters. The van der Waals surface area contributed by atoms with Crippen LogP contribution in [0.4, 0.5) is 4.39 Å². The van der Waals surface area contributed by atoms with Crippen molar-refractivity contribution in [1.29, 1.82) is 0 Å². The highest BCUT2D eigenvalue weighted by atomic mass is 19.1. The van der Waals surface area contributed by atoms with Gasteiger partial charge < -0.3 is 14.5 Å². The number of hydrogen-bond acceptors (Lipinski definition) is 3. The molecule has 2 aromatic carbocycles. The molecule has 2 heterocycles. The summed E-state index contributed by atoms with van der Waals surface area (Å²) in [6, 6.07) is 14.1. The lowest BCUT2D eigenvalue weighted by Crippen LogP contribution is -3.13. The van der Waals surface area contributed by atoms with Crippen molar-refractivity contribution in [3.8, 4) is 11.4 Å². The van der Waals surface area contributed by atoms with Gasteiger partial charge >= 0.3 is 0 Å². The van der Waals surface area contributed by atoms with Crippen LogP contribution in [0.5, 0.6) is 5.75 Å². The van der Waals surface area contributed by atoms with E-state index in [-0.39, 0.29) is 11.7 Å². The van der Waals surface area contributed by atoms with Gasteiger partial charge in [-0.25, -0.2) is 9.07 Å². The molecule has 1 amide bonds. The fourth-order valence-corrected chi connectivity index (χ4v) is 3.93. The van der Waals surface area contributed by atoms with Crippen LogP contribution in [-0.2, 0) is 6.54 Å².